The van der Waals surface area contributed by atoms with Gasteiger partial charge in [-0.3, -0.25) is 4.98 Å². The van der Waals surface area contributed by atoms with Gasteiger partial charge in [0.25, 0.3) is 0 Å². The molecular weight excluding hydrogens is 312 g/mol. The highest BCUT2D eigenvalue weighted by Crippen LogP contribution is 2.40. The number of nitrogens with two attached hydrogens (primary N) is 1. The minimum atomic E-state index is 0.0247. The van der Waals surface area contributed by atoms with Crippen LogP contribution in [-0.4, -0.2) is 4.98 Å². The molecular formula is C17H19BrN2. The van der Waals surface area contributed by atoms with Crippen molar-refractivity contribution in [2.45, 2.75) is 38.6 Å². The van der Waals surface area contributed by atoms with Gasteiger partial charge in [-0.25, -0.2) is 0 Å². The van der Waals surface area contributed by atoms with Gasteiger partial charge < -0.3 is 5.73 Å². The highest BCUT2D eigenvalue weighted by Gasteiger charge is 2.29. The maximum absolute atomic E-state index is 6.55. The second-order valence-corrected chi connectivity index (χ2v) is 6.48. The standard InChI is InChI=1S/C17H19BrN2/c1-10-8-13(9-11(2)15(10)18)16(19)14-6-5-12-4-3-7-20-17(12)14/h3-4,7-9,14,16H,5-6,19H2,1-2H3. The molecule has 0 bridgehead atoms. The maximum Gasteiger partial charge on any atom is 0.0485 e. The highest BCUT2D eigenvalue weighted by molar-refractivity contribution is 9.10. The molecule has 2 unspecified atom stereocenters. The Kier molecular flexibility index (Phi) is 3.65. The lowest BCUT2D eigenvalue weighted by Gasteiger charge is -2.21. The fraction of sp³-hybridized carbons (Fsp3) is 0.353. The number of benzene rings is 1. The number of hydrogen-bond donors (Lipinski definition) is 1. The SMILES string of the molecule is Cc1cc(C(N)C2CCc3cccnc32)cc(C)c1Br. The third-order valence-electron chi connectivity index (χ3n) is 4.28. The van der Waals surface area contributed by atoms with Gasteiger partial charge in [0.05, 0.1) is 0 Å². The Bertz CT molecular complexity index is 628. The van der Waals surface area contributed by atoms with Gasteiger partial charge in [0.1, 0.15) is 0 Å². The Balaban J connectivity index is 1.96. The third kappa shape index (κ3) is 2.29. The average Bonchev–Trinajstić information content (AvgIpc) is 2.87. The quantitative estimate of drug-likeness (QED) is 0.896. The number of nitrogens with zero attached hydrogens (tertiary/aromatic N) is 1. The molecule has 0 saturated carbocycles. The largest absolute Gasteiger partial charge is 0.323 e. The van der Waals surface area contributed by atoms with Crippen molar-refractivity contribution in [3.8, 4) is 0 Å². The first-order valence-corrected chi connectivity index (χ1v) is 7.83. The van der Waals surface area contributed by atoms with Crippen molar-refractivity contribution in [2.24, 2.45) is 5.73 Å². The third-order valence-corrected chi connectivity index (χ3v) is 5.53. The van der Waals surface area contributed by atoms with Crippen LogP contribution in [0.25, 0.3) is 0 Å². The molecule has 0 spiro atoms. The molecule has 3 heteroatoms. The molecule has 104 valence electrons. The van der Waals surface area contributed by atoms with E-state index < -0.39 is 0 Å². The monoisotopic (exact) mass is 330 g/mol. The zero-order chi connectivity index (χ0) is 14.3. The zero-order valence-electron chi connectivity index (χ0n) is 11.9. The molecule has 1 aliphatic carbocycles. The number of hydrogen-bond acceptors (Lipinski definition) is 2. The van der Waals surface area contributed by atoms with Crippen LogP contribution in [0.5, 0.6) is 0 Å². The summed E-state index contributed by atoms with van der Waals surface area (Å²) in [5.74, 6) is 0.339. The second kappa shape index (κ2) is 5.30. The van der Waals surface area contributed by atoms with E-state index in [1.807, 2.05) is 12.3 Å². The van der Waals surface area contributed by atoms with E-state index in [9.17, 15) is 0 Å². The van der Waals surface area contributed by atoms with Gasteiger partial charge in [0.2, 0.25) is 0 Å². The van der Waals surface area contributed by atoms with E-state index in [0.29, 0.717) is 5.92 Å². The molecule has 1 aromatic heterocycles. The number of fused-ring (bicyclic) bond motifs is 1. The second-order valence-electron chi connectivity index (χ2n) is 5.69. The van der Waals surface area contributed by atoms with Crippen molar-refractivity contribution in [3.05, 3.63) is 62.9 Å². The Morgan fingerprint density at radius 2 is 2.00 bits per heavy atom. The van der Waals surface area contributed by atoms with E-state index >= 15 is 0 Å². The molecule has 0 saturated heterocycles. The van der Waals surface area contributed by atoms with Gasteiger partial charge in [0, 0.05) is 28.3 Å². The topological polar surface area (TPSA) is 38.9 Å². The van der Waals surface area contributed by atoms with Crippen LogP contribution in [0.3, 0.4) is 0 Å². The minimum Gasteiger partial charge on any atom is -0.323 e. The van der Waals surface area contributed by atoms with Gasteiger partial charge in [-0.05, 0) is 55.0 Å². The molecule has 1 aromatic carbocycles. The van der Waals surface area contributed by atoms with Crippen LogP contribution in [-0.2, 0) is 6.42 Å². The van der Waals surface area contributed by atoms with E-state index in [2.05, 4.69) is 53.0 Å². The lowest BCUT2D eigenvalue weighted by molar-refractivity contribution is 0.540. The van der Waals surface area contributed by atoms with Crippen molar-refractivity contribution in [3.63, 3.8) is 0 Å². The Labute approximate surface area is 128 Å². The van der Waals surface area contributed by atoms with E-state index in [1.54, 1.807) is 0 Å². The highest BCUT2D eigenvalue weighted by atomic mass is 79.9. The molecule has 0 amide bonds. The van der Waals surface area contributed by atoms with Crippen molar-refractivity contribution in [1.82, 2.24) is 4.98 Å². The normalized spacial score (nSPS) is 18.9. The summed E-state index contributed by atoms with van der Waals surface area (Å²) in [6, 6.07) is 8.61. The van der Waals surface area contributed by atoms with Gasteiger partial charge >= 0.3 is 0 Å². The molecule has 3 rings (SSSR count). The number of rotatable bonds is 2. The summed E-state index contributed by atoms with van der Waals surface area (Å²) in [6.07, 6.45) is 4.07. The van der Waals surface area contributed by atoms with E-state index in [0.717, 1.165) is 12.8 Å². The molecule has 1 aliphatic rings. The molecule has 0 radical (unpaired) electrons. The summed E-state index contributed by atoms with van der Waals surface area (Å²) in [4.78, 5) is 4.56. The van der Waals surface area contributed by atoms with Crippen LogP contribution in [0.1, 0.15) is 46.3 Å². The summed E-state index contributed by atoms with van der Waals surface area (Å²) in [6.45, 7) is 4.24. The molecule has 2 nitrogen and oxygen atoms in total. The van der Waals surface area contributed by atoms with Gasteiger partial charge in [-0.15, -0.1) is 0 Å². The Morgan fingerprint density at radius 3 is 2.70 bits per heavy atom. The van der Waals surface area contributed by atoms with Gasteiger partial charge in [-0.1, -0.05) is 34.1 Å². The maximum atomic E-state index is 6.55. The summed E-state index contributed by atoms with van der Waals surface area (Å²) in [5.41, 5.74) is 12.8. The number of halogens is 1. The van der Waals surface area contributed by atoms with Gasteiger partial charge in [-0.2, -0.15) is 0 Å². The number of pyridine rings is 1. The molecule has 2 aromatic rings. The number of aromatic nitrogens is 1. The lowest BCUT2D eigenvalue weighted by atomic mass is 9.90. The summed E-state index contributed by atoms with van der Waals surface area (Å²) < 4.78 is 1.18. The van der Waals surface area contributed by atoms with E-state index in [1.165, 1.54) is 32.4 Å². The molecule has 0 fully saturated rings. The summed E-state index contributed by atoms with van der Waals surface area (Å²) in [7, 11) is 0. The van der Waals surface area contributed by atoms with E-state index in [-0.39, 0.29) is 6.04 Å². The molecule has 0 aliphatic heterocycles. The summed E-state index contributed by atoms with van der Waals surface area (Å²) in [5, 5.41) is 0. The minimum absolute atomic E-state index is 0.0247. The molecule has 2 N–H and O–H groups in total. The predicted octanol–water partition coefficient (Wildman–Crippen LogP) is 4.19. The predicted molar refractivity (Wildman–Crippen MR) is 85.8 cm³/mol. The lowest BCUT2D eigenvalue weighted by Crippen LogP contribution is -2.19. The van der Waals surface area contributed by atoms with Crippen molar-refractivity contribution in [1.29, 1.82) is 0 Å². The van der Waals surface area contributed by atoms with Crippen molar-refractivity contribution >= 4 is 15.9 Å². The van der Waals surface area contributed by atoms with E-state index in [4.69, 9.17) is 5.73 Å². The summed E-state index contributed by atoms with van der Waals surface area (Å²) >= 11 is 3.62. The first-order chi connectivity index (χ1) is 9.58. The van der Waals surface area contributed by atoms with Crippen LogP contribution in [0.4, 0.5) is 0 Å². The molecule has 20 heavy (non-hydrogen) atoms. The van der Waals surface area contributed by atoms with Crippen LogP contribution in [0.15, 0.2) is 34.9 Å². The Morgan fingerprint density at radius 1 is 1.30 bits per heavy atom. The van der Waals surface area contributed by atoms with Crippen LogP contribution in [0, 0.1) is 13.8 Å². The van der Waals surface area contributed by atoms with Gasteiger partial charge in [0.15, 0.2) is 0 Å². The van der Waals surface area contributed by atoms with Crippen molar-refractivity contribution < 1.29 is 0 Å². The smallest absolute Gasteiger partial charge is 0.0485 e. The molecule has 2 atom stereocenters. The average molecular weight is 331 g/mol. The van der Waals surface area contributed by atoms with Crippen LogP contribution >= 0.6 is 15.9 Å². The zero-order valence-corrected chi connectivity index (χ0v) is 13.4. The first-order valence-electron chi connectivity index (χ1n) is 7.04. The van der Waals surface area contributed by atoms with Crippen LogP contribution < -0.4 is 5.73 Å². The van der Waals surface area contributed by atoms with Crippen LogP contribution in [0.2, 0.25) is 0 Å². The first kappa shape index (κ1) is 13.8. The van der Waals surface area contributed by atoms with Crippen molar-refractivity contribution in [2.75, 3.05) is 0 Å². The Hall–Kier alpha value is -1.19. The fourth-order valence-electron chi connectivity index (χ4n) is 3.20. The number of aryl methyl sites for hydroxylation is 3. The molecule has 1 heterocycles. The fourth-order valence-corrected chi connectivity index (χ4v) is 3.43.